The summed E-state index contributed by atoms with van der Waals surface area (Å²) >= 11 is 3.55. The van der Waals surface area contributed by atoms with Crippen LogP contribution in [0.3, 0.4) is 0 Å². The first kappa shape index (κ1) is 23.0. The van der Waals surface area contributed by atoms with Gasteiger partial charge in [-0.15, -0.1) is 12.4 Å². The van der Waals surface area contributed by atoms with E-state index < -0.39 is 0 Å². The molecule has 1 aliphatic heterocycles. The number of carbonyl (C=O) groups excluding carboxylic acids is 2. The quantitative estimate of drug-likeness (QED) is 0.664. The zero-order valence-electron chi connectivity index (χ0n) is 18.2. The Morgan fingerprint density at radius 2 is 1.84 bits per heavy atom. The van der Waals surface area contributed by atoms with Crippen LogP contribution in [0.25, 0.3) is 5.57 Å². The summed E-state index contributed by atoms with van der Waals surface area (Å²) in [6.45, 7) is 7.41. The zero-order chi connectivity index (χ0) is 21.8. The van der Waals surface area contributed by atoms with Crippen molar-refractivity contribution >= 4 is 45.6 Å². The zero-order valence-corrected chi connectivity index (χ0v) is 20.6. The number of fused-ring (bicyclic) bond motifs is 3. The Labute approximate surface area is 202 Å². The Morgan fingerprint density at radius 3 is 2.59 bits per heavy atom. The molecule has 3 aliphatic rings. The molecule has 5 nitrogen and oxygen atoms in total. The molecule has 0 spiro atoms. The first-order chi connectivity index (χ1) is 14.9. The predicted octanol–water partition coefficient (Wildman–Crippen LogP) is 4.17. The summed E-state index contributed by atoms with van der Waals surface area (Å²) in [6.07, 6.45) is 0.773. The van der Waals surface area contributed by atoms with Crippen LogP contribution in [0.4, 0.5) is 0 Å². The van der Waals surface area contributed by atoms with Gasteiger partial charge in [0.25, 0.3) is 5.91 Å². The second kappa shape index (κ2) is 8.65. The summed E-state index contributed by atoms with van der Waals surface area (Å²) in [7, 11) is 0. The Bertz CT molecular complexity index is 1140. The first-order valence-electron chi connectivity index (χ1n) is 10.7. The van der Waals surface area contributed by atoms with Crippen molar-refractivity contribution in [3.05, 3.63) is 68.7 Å². The van der Waals surface area contributed by atoms with Crippen LogP contribution in [-0.4, -0.2) is 49.4 Å². The maximum atomic E-state index is 13.4. The van der Waals surface area contributed by atoms with E-state index in [-0.39, 0.29) is 36.1 Å². The molecule has 2 aliphatic carbocycles. The van der Waals surface area contributed by atoms with Crippen molar-refractivity contribution in [2.45, 2.75) is 25.7 Å². The number of allylic oxidation sites excluding steroid dienone is 2. The van der Waals surface area contributed by atoms with Crippen molar-refractivity contribution in [3.63, 3.8) is 0 Å². The number of benzene rings is 2. The van der Waals surface area contributed by atoms with E-state index in [1.807, 2.05) is 29.2 Å². The fourth-order valence-corrected chi connectivity index (χ4v) is 5.37. The van der Waals surface area contributed by atoms with Crippen LogP contribution in [0, 0.1) is 0 Å². The molecule has 2 aromatic carbocycles. The number of ether oxygens (including phenoxy) is 1. The van der Waals surface area contributed by atoms with Gasteiger partial charge in [0.1, 0.15) is 5.75 Å². The standard InChI is InChI=1S/C25H25BrN2O3.ClH/c1-25(2)20-13-17(31-14-22(29)28-9-7-27-8-10-28)4-6-19(20)24(30)23-18-5-3-16(26)11-15(18)12-21(23)25;/h3-6,11,13,27H,7-10,12,14H2,1-2H3;1H. The van der Waals surface area contributed by atoms with Gasteiger partial charge in [-0.05, 0) is 59.0 Å². The van der Waals surface area contributed by atoms with Crippen LogP contribution >= 0.6 is 28.3 Å². The van der Waals surface area contributed by atoms with Gasteiger partial charge < -0.3 is 15.0 Å². The minimum atomic E-state index is -0.300. The van der Waals surface area contributed by atoms with Gasteiger partial charge in [0.2, 0.25) is 0 Å². The predicted molar refractivity (Wildman–Crippen MR) is 131 cm³/mol. The molecule has 0 radical (unpaired) electrons. The number of carbonyl (C=O) groups is 2. The minimum Gasteiger partial charge on any atom is -0.484 e. The maximum absolute atomic E-state index is 13.4. The SMILES string of the molecule is CC1(C)C2=C(C(=O)c3ccc(OCC(=O)N4CCNCC4)cc31)c1ccc(Br)cc1C2.Cl. The summed E-state index contributed by atoms with van der Waals surface area (Å²) in [6, 6.07) is 11.8. The molecule has 0 atom stereocenters. The average Bonchev–Trinajstić information content (AvgIpc) is 3.16. The number of amides is 1. The first-order valence-corrected chi connectivity index (χ1v) is 11.5. The number of halogens is 2. The van der Waals surface area contributed by atoms with E-state index >= 15 is 0 Å². The molecule has 7 heteroatoms. The molecular formula is C25H26BrClN2O3. The van der Waals surface area contributed by atoms with E-state index in [0.29, 0.717) is 18.8 Å². The summed E-state index contributed by atoms with van der Waals surface area (Å²) in [5, 5.41) is 3.25. The Morgan fingerprint density at radius 1 is 1.12 bits per heavy atom. The topological polar surface area (TPSA) is 58.6 Å². The van der Waals surface area contributed by atoms with Crippen LogP contribution in [0.2, 0.25) is 0 Å². The second-order valence-electron chi connectivity index (χ2n) is 8.91. The number of hydrogen-bond acceptors (Lipinski definition) is 4. The molecule has 1 fully saturated rings. The Hall–Kier alpha value is -2.15. The van der Waals surface area contributed by atoms with E-state index in [4.69, 9.17) is 4.74 Å². The van der Waals surface area contributed by atoms with Gasteiger partial charge in [0, 0.05) is 47.2 Å². The molecule has 0 bridgehead atoms. The van der Waals surface area contributed by atoms with Crippen LogP contribution in [-0.2, 0) is 16.6 Å². The number of nitrogens with one attached hydrogen (secondary N) is 1. The van der Waals surface area contributed by atoms with Crippen molar-refractivity contribution in [3.8, 4) is 5.75 Å². The highest BCUT2D eigenvalue weighted by molar-refractivity contribution is 9.10. The van der Waals surface area contributed by atoms with Gasteiger partial charge in [-0.2, -0.15) is 0 Å². The van der Waals surface area contributed by atoms with Crippen molar-refractivity contribution in [1.82, 2.24) is 10.2 Å². The van der Waals surface area contributed by atoms with Crippen LogP contribution in [0.1, 0.15) is 40.9 Å². The highest BCUT2D eigenvalue weighted by Gasteiger charge is 2.42. The lowest BCUT2D eigenvalue weighted by atomic mass is 9.68. The Kier molecular flexibility index (Phi) is 6.23. The van der Waals surface area contributed by atoms with Gasteiger partial charge in [-0.25, -0.2) is 0 Å². The molecular weight excluding hydrogens is 492 g/mol. The van der Waals surface area contributed by atoms with Gasteiger partial charge >= 0.3 is 0 Å². The van der Waals surface area contributed by atoms with Crippen molar-refractivity contribution < 1.29 is 14.3 Å². The third-order valence-corrected chi connectivity index (χ3v) is 7.22. The number of ketones is 1. The molecule has 1 heterocycles. The summed E-state index contributed by atoms with van der Waals surface area (Å²) in [4.78, 5) is 27.7. The number of nitrogens with zero attached hydrogens (tertiary/aromatic N) is 1. The molecule has 5 rings (SSSR count). The number of hydrogen-bond donors (Lipinski definition) is 1. The summed E-state index contributed by atoms with van der Waals surface area (Å²) in [5.41, 5.74) is 5.63. The van der Waals surface area contributed by atoms with Crippen molar-refractivity contribution in [2.24, 2.45) is 0 Å². The number of piperazine rings is 1. The average molecular weight is 518 g/mol. The smallest absolute Gasteiger partial charge is 0.260 e. The van der Waals surface area contributed by atoms with E-state index in [1.54, 1.807) is 6.07 Å². The molecule has 1 amide bonds. The van der Waals surface area contributed by atoms with E-state index in [2.05, 4.69) is 41.2 Å². The number of Topliss-reactive ketones (excluding diaryl/α,β-unsaturated/α-hetero) is 1. The van der Waals surface area contributed by atoms with Crippen LogP contribution < -0.4 is 10.1 Å². The molecule has 168 valence electrons. The third kappa shape index (κ3) is 3.78. The fourth-order valence-electron chi connectivity index (χ4n) is 4.96. The van der Waals surface area contributed by atoms with E-state index in [0.717, 1.165) is 51.8 Å². The molecule has 0 aromatic heterocycles. The Balaban J connectivity index is 0.00000245. The molecule has 2 aromatic rings. The molecule has 0 unspecified atom stereocenters. The molecule has 0 saturated carbocycles. The molecule has 1 saturated heterocycles. The molecule has 32 heavy (non-hydrogen) atoms. The number of rotatable bonds is 3. The van der Waals surface area contributed by atoms with E-state index in [1.165, 1.54) is 5.56 Å². The lowest BCUT2D eigenvalue weighted by Crippen LogP contribution is -2.47. The van der Waals surface area contributed by atoms with Crippen LogP contribution in [0.5, 0.6) is 5.75 Å². The van der Waals surface area contributed by atoms with Crippen molar-refractivity contribution in [1.29, 1.82) is 0 Å². The van der Waals surface area contributed by atoms with Gasteiger partial charge in [0.15, 0.2) is 12.4 Å². The lowest BCUT2D eigenvalue weighted by molar-refractivity contribution is -0.133. The lowest BCUT2D eigenvalue weighted by Gasteiger charge is -2.34. The molecule has 1 N–H and O–H groups in total. The largest absolute Gasteiger partial charge is 0.484 e. The van der Waals surface area contributed by atoms with Gasteiger partial charge in [-0.3, -0.25) is 9.59 Å². The van der Waals surface area contributed by atoms with Gasteiger partial charge in [-0.1, -0.05) is 35.8 Å². The normalized spacial score (nSPS) is 18.5. The van der Waals surface area contributed by atoms with Crippen molar-refractivity contribution in [2.75, 3.05) is 32.8 Å². The highest BCUT2D eigenvalue weighted by atomic mass is 79.9. The summed E-state index contributed by atoms with van der Waals surface area (Å²) < 4.78 is 6.89. The summed E-state index contributed by atoms with van der Waals surface area (Å²) in [5.74, 6) is 0.704. The fraction of sp³-hybridized carbons (Fsp3) is 0.360. The second-order valence-corrected chi connectivity index (χ2v) is 9.83. The van der Waals surface area contributed by atoms with Crippen LogP contribution in [0.15, 0.2) is 46.4 Å². The van der Waals surface area contributed by atoms with E-state index in [9.17, 15) is 9.59 Å². The maximum Gasteiger partial charge on any atom is 0.260 e. The highest BCUT2D eigenvalue weighted by Crippen LogP contribution is 2.50. The third-order valence-electron chi connectivity index (χ3n) is 6.73. The minimum absolute atomic E-state index is 0. The monoisotopic (exact) mass is 516 g/mol. The van der Waals surface area contributed by atoms with Gasteiger partial charge in [0.05, 0.1) is 0 Å².